The SMILES string of the molecule is Br[C@H]1CCCC[C@@H]1[Se+]1CC1. The molecule has 2 aliphatic rings. The predicted octanol–water partition coefficient (Wildman–Crippen LogP) is 3.20. The summed E-state index contributed by atoms with van der Waals surface area (Å²) in [4.78, 5) is 2.10. The zero-order valence-electron chi connectivity index (χ0n) is 6.18. The molecule has 0 spiro atoms. The molecule has 2 fully saturated rings. The van der Waals surface area contributed by atoms with Gasteiger partial charge in [-0.15, -0.1) is 0 Å². The van der Waals surface area contributed by atoms with Crippen LogP contribution in [0.3, 0.4) is 0 Å². The van der Waals surface area contributed by atoms with E-state index in [0.29, 0.717) is 0 Å². The van der Waals surface area contributed by atoms with Gasteiger partial charge in [0.25, 0.3) is 0 Å². The number of rotatable bonds is 1. The summed E-state index contributed by atoms with van der Waals surface area (Å²) in [7, 11) is 0. The molecular weight excluding hydrogens is 255 g/mol. The molecule has 1 saturated carbocycles. The first-order chi connectivity index (χ1) is 4.88. The van der Waals surface area contributed by atoms with Crippen molar-refractivity contribution >= 4 is 29.8 Å². The third-order valence-corrected chi connectivity index (χ3v) is 9.20. The third-order valence-electron chi connectivity index (χ3n) is 2.49. The summed E-state index contributed by atoms with van der Waals surface area (Å²) < 4.78 is 0. The topological polar surface area (TPSA) is 0 Å². The van der Waals surface area contributed by atoms with Gasteiger partial charge in [-0.1, -0.05) is 0 Å². The van der Waals surface area contributed by atoms with Crippen molar-refractivity contribution in [3.8, 4) is 0 Å². The van der Waals surface area contributed by atoms with E-state index in [9.17, 15) is 0 Å². The summed E-state index contributed by atoms with van der Waals surface area (Å²) in [6.07, 6.45) is 6.02. The molecule has 2 rings (SSSR count). The van der Waals surface area contributed by atoms with Crippen LogP contribution in [0.5, 0.6) is 0 Å². The van der Waals surface area contributed by atoms with Gasteiger partial charge in [0.1, 0.15) is 0 Å². The average Bonchev–Trinajstić information content (AvgIpc) is 2.71. The molecule has 1 saturated heterocycles. The van der Waals surface area contributed by atoms with Gasteiger partial charge in [0.15, 0.2) is 0 Å². The molecule has 58 valence electrons. The molecule has 0 aromatic heterocycles. The van der Waals surface area contributed by atoms with Crippen LogP contribution in [-0.2, 0) is 0 Å². The van der Waals surface area contributed by atoms with Gasteiger partial charge >= 0.3 is 75.8 Å². The second kappa shape index (κ2) is 3.16. The molecule has 0 bridgehead atoms. The van der Waals surface area contributed by atoms with Gasteiger partial charge < -0.3 is 0 Å². The Hall–Kier alpha value is 0.999. The first kappa shape index (κ1) is 7.64. The van der Waals surface area contributed by atoms with E-state index in [1.165, 1.54) is 24.1 Å². The van der Waals surface area contributed by atoms with E-state index in [0.717, 1.165) is 4.83 Å². The second-order valence-electron chi connectivity index (χ2n) is 3.28. The molecule has 2 atom stereocenters. The van der Waals surface area contributed by atoms with Crippen molar-refractivity contribution in [2.75, 3.05) is 0 Å². The number of hydrogen-bond acceptors (Lipinski definition) is 0. The fraction of sp³-hybridized carbons (Fsp3) is 1.00. The van der Waals surface area contributed by atoms with Crippen molar-refractivity contribution in [3.05, 3.63) is 0 Å². The fourth-order valence-corrected chi connectivity index (χ4v) is 8.68. The van der Waals surface area contributed by atoms with Crippen LogP contribution < -0.4 is 0 Å². The summed E-state index contributed by atoms with van der Waals surface area (Å²) in [5.74, 6) is 0. The summed E-state index contributed by atoms with van der Waals surface area (Å²) in [6.45, 7) is 0. The average molecular weight is 269 g/mol. The van der Waals surface area contributed by atoms with E-state index < -0.39 is 0 Å². The Morgan fingerprint density at radius 1 is 1.10 bits per heavy atom. The van der Waals surface area contributed by atoms with Gasteiger partial charge in [0.2, 0.25) is 0 Å². The number of hydrogen-bond donors (Lipinski definition) is 0. The van der Waals surface area contributed by atoms with Gasteiger partial charge in [-0.2, -0.15) is 0 Å². The Kier molecular flexibility index (Phi) is 2.42. The zero-order valence-corrected chi connectivity index (χ0v) is 9.48. The van der Waals surface area contributed by atoms with Crippen LogP contribution in [0, 0.1) is 0 Å². The first-order valence-corrected chi connectivity index (χ1v) is 8.51. The Bertz CT molecular complexity index is 122. The van der Waals surface area contributed by atoms with Gasteiger partial charge in [0, 0.05) is 0 Å². The van der Waals surface area contributed by atoms with Crippen molar-refractivity contribution < 1.29 is 0 Å². The molecule has 0 aromatic rings. The Morgan fingerprint density at radius 2 is 1.80 bits per heavy atom. The number of alkyl halides is 1. The van der Waals surface area contributed by atoms with Crippen molar-refractivity contribution in [1.82, 2.24) is 0 Å². The van der Waals surface area contributed by atoms with Crippen molar-refractivity contribution in [3.63, 3.8) is 0 Å². The maximum absolute atomic E-state index is 3.83. The van der Waals surface area contributed by atoms with Crippen LogP contribution in [-0.4, -0.2) is 18.7 Å². The van der Waals surface area contributed by atoms with Crippen molar-refractivity contribution in [1.29, 1.82) is 0 Å². The van der Waals surface area contributed by atoms with Gasteiger partial charge in [-0.05, 0) is 0 Å². The molecule has 0 unspecified atom stereocenters. The molecule has 0 N–H and O–H groups in total. The zero-order chi connectivity index (χ0) is 6.97. The molecule has 0 radical (unpaired) electrons. The second-order valence-corrected chi connectivity index (χ2v) is 9.70. The molecule has 1 aliphatic carbocycles. The van der Waals surface area contributed by atoms with Gasteiger partial charge in [-0.25, -0.2) is 0 Å². The van der Waals surface area contributed by atoms with Crippen LogP contribution >= 0.6 is 15.9 Å². The van der Waals surface area contributed by atoms with E-state index in [2.05, 4.69) is 15.9 Å². The van der Waals surface area contributed by atoms with Crippen LogP contribution in [0.25, 0.3) is 0 Å². The standard InChI is InChI=1S/C8H14BrSe/c9-7-3-1-2-4-8(7)10-5-6-10/h7-8H,1-6H2/q+1/t7-,8-/m0/s1. The Balaban J connectivity index is 1.90. The monoisotopic (exact) mass is 269 g/mol. The predicted molar refractivity (Wildman–Crippen MR) is 50.3 cm³/mol. The number of halogens is 1. The molecule has 0 amide bonds. The molecule has 10 heavy (non-hydrogen) atoms. The molecule has 1 aliphatic heterocycles. The summed E-state index contributed by atoms with van der Waals surface area (Å²) >= 11 is 3.84. The van der Waals surface area contributed by atoms with Crippen molar-refractivity contribution in [2.24, 2.45) is 0 Å². The minimum atomic E-state index is 0.0156. The molecule has 1 heterocycles. The third kappa shape index (κ3) is 1.60. The molecule has 0 nitrogen and oxygen atoms in total. The molecular formula is C8H14BrSe+. The van der Waals surface area contributed by atoms with E-state index in [1.54, 1.807) is 17.1 Å². The minimum absolute atomic E-state index is 0.0156. The molecule has 2 heteroatoms. The Morgan fingerprint density at radius 3 is 2.40 bits per heavy atom. The Labute approximate surface area is 75.8 Å². The summed E-state index contributed by atoms with van der Waals surface area (Å²) in [5, 5.41) is 3.29. The van der Waals surface area contributed by atoms with E-state index in [1.807, 2.05) is 0 Å². The quantitative estimate of drug-likeness (QED) is 0.506. The van der Waals surface area contributed by atoms with Crippen LogP contribution in [0.15, 0.2) is 0 Å². The van der Waals surface area contributed by atoms with E-state index in [4.69, 9.17) is 0 Å². The summed E-state index contributed by atoms with van der Waals surface area (Å²) in [5.41, 5.74) is 0. The normalized spacial score (nSPS) is 41.7. The molecule has 0 aromatic carbocycles. The maximum atomic E-state index is 3.83. The van der Waals surface area contributed by atoms with E-state index in [-0.39, 0.29) is 13.9 Å². The van der Waals surface area contributed by atoms with Gasteiger partial charge in [0.05, 0.1) is 0 Å². The van der Waals surface area contributed by atoms with Crippen molar-refractivity contribution in [2.45, 2.75) is 46.0 Å². The van der Waals surface area contributed by atoms with Gasteiger partial charge in [-0.3, -0.25) is 0 Å². The summed E-state index contributed by atoms with van der Waals surface area (Å²) in [6, 6.07) is 0. The fourth-order valence-electron chi connectivity index (χ4n) is 1.78. The van der Waals surface area contributed by atoms with E-state index >= 15 is 0 Å². The van der Waals surface area contributed by atoms with Crippen LogP contribution in [0.1, 0.15) is 25.7 Å². The van der Waals surface area contributed by atoms with Crippen LogP contribution in [0.4, 0.5) is 0 Å². The van der Waals surface area contributed by atoms with Crippen LogP contribution in [0.2, 0.25) is 15.5 Å². The first-order valence-electron chi connectivity index (χ1n) is 4.18.